The van der Waals surface area contributed by atoms with Crippen LogP contribution >= 0.6 is 0 Å². The molecule has 9 nitrogen and oxygen atoms in total. The molecule has 0 atom stereocenters. The monoisotopic (exact) mass is 991 g/mol. The predicted molar refractivity (Wildman–Crippen MR) is 293 cm³/mol. The van der Waals surface area contributed by atoms with Crippen LogP contribution in [0.1, 0.15) is 197 Å². The number of aliphatic hydroxyl groups is 3. The molecule has 0 saturated carbocycles. The summed E-state index contributed by atoms with van der Waals surface area (Å²) in [5.41, 5.74) is 13.2. The first-order chi connectivity index (χ1) is 35.3. The van der Waals surface area contributed by atoms with Gasteiger partial charge in [0, 0.05) is 31.8 Å². The van der Waals surface area contributed by atoms with Crippen LogP contribution in [-0.2, 0) is 60.9 Å². The Morgan fingerprint density at radius 2 is 0.653 bits per heavy atom. The number of aliphatic hydroxyl groups excluding tert-OH is 3. The highest BCUT2D eigenvalue weighted by Crippen LogP contribution is 2.41. The van der Waals surface area contributed by atoms with Crippen LogP contribution in [0, 0.1) is 0 Å². The molecule has 0 aliphatic heterocycles. The summed E-state index contributed by atoms with van der Waals surface area (Å²) in [5, 5.41) is 31.0. The second-order valence-corrected chi connectivity index (χ2v) is 19.9. The summed E-state index contributed by atoms with van der Waals surface area (Å²) in [6.45, 7) is 12.8. The molecule has 396 valence electrons. The van der Waals surface area contributed by atoms with E-state index in [9.17, 15) is 20.1 Å². The molecule has 0 fully saturated rings. The number of unbranched alkanes of at least 4 members (excludes halogenated alkanes) is 12. The Labute approximate surface area is 433 Å². The Morgan fingerprint density at radius 3 is 0.875 bits per heavy atom. The molecule has 0 spiro atoms. The van der Waals surface area contributed by atoms with Gasteiger partial charge in [0.25, 0.3) is 0 Å². The molecule has 0 saturated heterocycles. The number of esters is 1. The molecule has 5 rings (SSSR count). The average molecular weight is 991 g/mol. The zero-order valence-electron chi connectivity index (χ0n) is 44.8. The number of benzene rings is 4. The lowest BCUT2D eigenvalue weighted by atomic mass is 9.87. The van der Waals surface area contributed by atoms with Gasteiger partial charge < -0.3 is 39.0 Å². The molecule has 0 radical (unpaired) electrons. The molecule has 0 aromatic heterocycles. The largest absolute Gasteiger partial charge is 0.491 e. The van der Waals surface area contributed by atoms with Crippen molar-refractivity contribution in [2.45, 2.75) is 182 Å². The van der Waals surface area contributed by atoms with Crippen LogP contribution in [0.5, 0.6) is 23.0 Å². The zero-order valence-corrected chi connectivity index (χ0v) is 44.8. The molecule has 3 N–H and O–H groups in total. The fraction of sp³-hybridized carbons (Fsp3) is 0.571. The van der Waals surface area contributed by atoms with Gasteiger partial charge in [-0.3, -0.25) is 0 Å². The van der Waals surface area contributed by atoms with Gasteiger partial charge in [-0.1, -0.05) is 160 Å². The molecular weight excluding hydrogens is 901 g/mol. The van der Waals surface area contributed by atoms with E-state index in [2.05, 4.69) is 82.8 Å². The average Bonchev–Trinajstić information content (AvgIpc) is 3.37. The van der Waals surface area contributed by atoms with Crippen LogP contribution in [0.2, 0.25) is 0 Å². The summed E-state index contributed by atoms with van der Waals surface area (Å²) in [7, 11) is 0. The third-order valence-electron chi connectivity index (χ3n) is 13.8. The highest BCUT2D eigenvalue weighted by atomic mass is 16.6. The Bertz CT molecular complexity index is 2120. The number of rotatable bonds is 34. The van der Waals surface area contributed by atoms with Crippen LogP contribution in [0.25, 0.3) is 0 Å². The Balaban J connectivity index is 1.89. The number of carbonyl (C=O) groups is 1. The van der Waals surface area contributed by atoms with Gasteiger partial charge in [-0.05, 0) is 118 Å². The number of hydrogen-bond acceptors (Lipinski definition) is 9. The highest BCUT2D eigenvalue weighted by Gasteiger charge is 2.25. The van der Waals surface area contributed by atoms with E-state index in [1.807, 2.05) is 0 Å². The Morgan fingerprint density at radius 1 is 0.403 bits per heavy atom. The second-order valence-electron chi connectivity index (χ2n) is 19.9. The number of ether oxygens (including phenoxy) is 5. The maximum atomic E-state index is 12.3. The Hall–Kier alpha value is -4.83. The molecule has 8 bridgehead atoms. The van der Waals surface area contributed by atoms with Crippen molar-refractivity contribution in [3.8, 4) is 23.0 Å². The van der Waals surface area contributed by atoms with E-state index < -0.39 is 5.97 Å². The quantitative estimate of drug-likeness (QED) is 0.0210. The first kappa shape index (κ1) is 58.1. The van der Waals surface area contributed by atoms with Crippen molar-refractivity contribution in [2.24, 2.45) is 0 Å². The minimum Gasteiger partial charge on any atom is -0.491 e. The molecule has 4 aromatic carbocycles. The van der Waals surface area contributed by atoms with Crippen molar-refractivity contribution in [3.63, 3.8) is 0 Å². The summed E-state index contributed by atoms with van der Waals surface area (Å²) < 4.78 is 32.5. The third-order valence-corrected chi connectivity index (χ3v) is 13.8. The van der Waals surface area contributed by atoms with Gasteiger partial charge in [0.05, 0.1) is 19.8 Å². The summed E-state index contributed by atoms with van der Waals surface area (Å²) in [6.07, 6.45) is 25.1. The SMILES string of the molecule is C=CC(=O)OCCOc1c2cc(CCCCCC)cc1Cc1cc(CCCCCC)cc(c1OCCO)Cc1cc(CCCCCC)cc(c1OCCO)Cc1cc(CCCCCC)cc(c1OCCO)C2. The first-order valence-electron chi connectivity index (χ1n) is 28.0. The van der Waals surface area contributed by atoms with Gasteiger partial charge in [0.1, 0.15) is 56.0 Å². The number of aryl methyl sites for hydroxylation is 4. The van der Waals surface area contributed by atoms with E-state index in [4.69, 9.17) is 23.7 Å². The van der Waals surface area contributed by atoms with Gasteiger partial charge >= 0.3 is 5.97 Å². The highest BCUT2D eigenvalue weighted by molar-refractivity contribution is 5.81. The van der Waals surface area contributed by atoms with E-state index in [1.54, 1.807) is 0 Å². The van der Waals surface area contributed by atoms with Crippen LogP contribution in [0.4, 0.5) is 0 Å². The molecule has 1 aliphatic carbocycles. The second kappa shape index (κ2) is 33.1. The fourth-order valence-electron chi connectivity index (χ4n) is 10.3. The van der Waals surface area contributed by atoms with Gasteiger partial charge in [0.2, 0.25) is 0 Å². The number of hydrogen-bond donors (Lipinski definition) is 3. The molecule has 72 heavy (non-hydrogen) atoms. The standard InChI is InChI=1S/C63H90O9/c1-6-11-15-19-23-47-35-51-43-53-37-48(24-20-16-12-7-2)39-55(61(53)70-31-28-65)45-57-41-50(26-22-18-14-9-4)42-58(63(57)72-34-33-68-59(67)10-5)46-56-40-49(25-21-17-13-8-3)38-54(62(56)71-32-29-66)44-52(36-47)60(51)69-30-27-64/h10,35-42,64-66H,5-9,11-34,43-46H2,1-4H3. The van der Waals surface area contributed by atoms with Crippen molar-refractivity contribution in [2.75, 3.05) is 52.9 Å². The zero-order chi connectivity index (χ0) is 51.3. The van der Waals surface area contributed by atoms with E-state index in [1.165, 1.54) is 54.0 Å². The molecule has 0 unspecified atom stereocenters. The maximum Gasteiger partial charge on any atom is 0.330 e. The molecular formula is C63H90O9. The molecule has 1 aliphatic rings. The molecule has 0 heterocycles. The van der Waals surface area contributed by atoms with Crippen molar-refractivity contribution < 1.29 is 43.8 Å². The molecule has 4 aromatic rings. The summed E-state index contributed by atoms with van der Waals surface area (Å²) >= 11 is 0. The first-order valence-corrected chi connectivity index (χ1v) is 28.0. The van der Waals surface area contributed by atoms with Gasteiger partial charge in [0.15, 0.2) is 0 Å². The number of carbonyl (C=O) groups excluding carboxylic acids is 1. The minimum absolute atomic E-state index is 0.0615. The van der Waals surface area contributed by atoms with Crippen molar-refractivity contribution in [1.29, 1.82) is 0 Å². The third kappa shape index (κ3) is 18.6. The van der Waals surface area contributed by atoms with Crippen molar-refractivity contribution in [1.82, 2.24) is 0 Å². The maximum absolute atomic E-state index is 12.3. The predicted octanol–water partition coefficient (Wildman–Crippen LogP) is 13.1. The van der Waals surface area contributed by atoms with Crippen LogP contribution in [-0.4, -0.2) is 74.1 Å². The molecule has 0 amide bonds. The van der Waals surface area contributed by atoms with Gasteiger partial charge in [-0.25, -0.2) is 4.79 Å². The van der Waals surface area contributed by atoms with Crippen LogP contribution in [0.3, 0.4) is 0 Å². The fourth-order valence-corrected chi connectivity index (χ4v) is 10.3. The van der Waals surface area contributed by atoms with Crippen molar-refractivity contribution in [3.05, 3.63) is 128 Å². The van der Waals surface area contributed by atoms with Crippen LogP contribution < -0.4 is 18.9 Å². The smallest absolute Gasteiger partial charge is 0.330 e. The lowest BCUT2D eigenvalue weighted by molar-refractivity contribution is -0.138. The van der Waals surface area contributed by atoms with Gasteiger partial charge in [-0.15, -0.1) is 0 Å². The normalized spacial score (nSPS) is 12.2. The van der Waals surface area contributed by atoms with E-state index in [-0.39, 0.29) is 52.9 Å². The lowest BCUT2D eigenvalue weighted by Gasteiger charge is -2.25. The van der Waals surface area contributed by atoms with Crippen LogP contribution in [0.15, 0.2) is 61.2 Å². The summed E-state index contributed by atoms with van der Waals surface area (Å²) in [6, 6.07) is 18.5. The van der Waals surface area contributed by atoms with Crippen molar-refractivity contribution >= 4 is 5.97 Å². The van der Waals surface area contributed by atoms with Gasteiger partial charge in [-0.2, -0.15) is 0 Å². The molecule has 9 heteroatoms. The van der Waals surface area contributed by atoms with E-state index >= 15 is 0 Å². The topological polar surface area (TPSA) is 124 Å². The number of fused-ring (bicyclic) bond motifs is 8. The summed E-state index contributed by atoms with van der Waals surface area (Å²) in [4.78, 5) is 12.3. The van der Waals surface area contributed by atoms with E-state index in [0.29, 0.717) is 25.7 Å². The lowest BCUT2D eigenvalue weighted by Crippen LogP contribution is -2.14. The van der Waals surface area contributed by atoms with E-state index in [0.717, 1.165) is 170 Å². The Kier molecular flexibility index (Phi) is 26.7. The summed E-state index contributed by atoms with van der Waals surface area (Å²) in [5.74, 6) is 2.54. The minimum atomic E-state index is -0.496.